The molecule has 9 heteroatoms. The summed E-state index contributed by atoms with van der Waals surface area (Å²) >= 11 is 1.38. The zero-order chi connectivity index (χ0) is 19.1. The Morgan fingerprint density at radius 2 is 2.11 bits per heavy atom. The number of amides is 1. The highest BCUT2D eigenvalue weighted by Gasteiger charge is 2.39. The molecule has 2 aliphatic rings. The van der Waals surface area contributed by atoms with E-state index in [1.165, 1.54) is 23.5 Å². The number of benzene rings is 1. The minimum Gasteiger partial charge on any atom is -0.488 e. The van der Waals surface area contributed by atoms with Gasteiger partial charge in [0.25, 0.3) is 0 Å². The van der Waals surface area contributed by atoms with Gasteiger partial charge in [0.2, 0.25) is 5.91 Å². The van der Waals surface area contributed by atoms with Crippen LogP contribution in [0.1, 0.15) is 12.8 Å². The topological polar surface area (TPSA) is 80.2 Å². The number of nitrogens with one attached hydrogen (secondary N) is 1. The summed E-state index contributed by atoms with van der Waals surface area (Å²) in [5.41, 5.74) is 2.36. The molecule has 7 nitrogen and oxygen atoms in total. The van der Waals surface area contributed by atoms with Crippen molar-refractivity contribution in [2.45, 2.75) is 25.0 Å². The molecule has 0 atom stereocenters. The van der Waals surface area contributed by atoms with Gasteiger partial charge in [0, 0.05) is 37.5 Å². The maximum Gasteiger partial charge on any atom is 0.223 e. The first kappa shape index (κ1) is 17.3. The van der Waals surface area contributed by atoms with Crippen LogP contribution in [0.3, 0.4) is 0 Å². The Hall–Kier alpha value is -2.81. The van der Waals surface area contributed by atoms with Crippen LogP contribution in [0.25, 0.3) is 10.2 Å². The molecule has 0 spiro atoms. The fraction of sp³-hybridized carbons (Fsp3) is 0.368. The lowest BCUT2D eigenvalue weighted by atomic mass is 9.81. The quantitative estimate of drug-likeness (QED) is 0.710. The molecule has 2 fully saturated rings. The number of nitrogens with zero attached hydrogens (tertiary/aromatic N) is 4. The molecule has 1 aliphatic carbocycles. The SMILES string of the molecule is O=C(NC1CN(c2cnccn2)C1)[C@H]1C[C@H](Oc2cc(F)cc3scnc23)C1. The van der Waals surface area contributed by atoms with E-state index < -0.39 is 0 Å². The van der Waals surface area contributed by atoms with Crippen molar-refractivity contribution in [1.82, 2.24) is 20.3 Å². The van der Waals surface area contributed by atoms with Crippen molar-refractivity contribution in [3.63, 3.8) is 0 Å². The van der Waals surface area contributed by atoms with Crippen molar-refractivity contribution in [1.29, 1.82) is 0 Å². The van der Waals surface area contributed by atoms with Gasteiger partial charge < -0.3 is 15.0 Å². The molecule has 3 heterocycles. The van der Waals surface area contributed by atoms with Gasteiger partial charge in [-0.3, -0.25) is 9.78 Å². The van der Waals surface area contributed by atoms with Gasteiger partial charge in [-0.15, -0.1) is 11.3 Å². The first-order valence-electron chi connectivity index (χ1n) is 9.16. The third-order valence-electron chi connectivity index (χ3n) is 5.23. The van der Waals surface area contributed by atoms with Gasteiger partial charge in [-0.2, -0.15) is 0 Å². The zero-order valence-corrected chi connectivity index (χ0v) is 15.7. The number of ether oxygens (including phenoxy) is 1. The molecule has 5 rings (SSSR count). The molecule has 1 N–H and O–H groups in total. The number of hydrogen-bond acceptors (Lipinski definition) is 7. The molecule has 3 aromatic rings. The molecule has 1 aromatic carbocycles. The van der Waals surface area contributed by atoms with Gasteiger partial charge in [-0.05, 0) is 18.9 Å². The largest absolute Gasteiger partial charge is 0.488 e. The second kappa shape index (κ2) is 6.97. The number of hydrogen-bond donors (Lipinski definition) is 1. The van der Waals surface area contributed by atoms with E-state index in [-0.39, 0.29) is 29.8 Å². The predicted octanol–water partition coefficient (Wildman–Crippen LogP) is 2.39. The molecule has 0 radical (unpaired) electrons. The number of rotatable bonds is 5. The van der Waals surface area contributed by atoms with Gasteiger partial charge >= 0.3 is 0 Å². The number of anilines is 1. The lowest BCUT2D eigenvalue weighted by Gasteiger charge is -2.42. The third kappa shape index (κ3) is 3.26. The molecule has 2 aromatic heterocycles. The summed E-state index contributed by atoms with van der Waals surface area (Å²) in [4.78, 5) is 27.0. The Balaban J connectivity index is 1.10. The summed E-state index contributed by atoms with van der Waals surface area (Å²) in [7, 11) is 0. The molecule has 144 valence electrons. The Morgan fingerprint density at radius 1 is 1.25 bits per heavy atom. The highest BCUT2D eigenvalue weighted by molar-refractivity contribution is 7.16. The fourth-order valence-electron chi connectivity index (χ4n) is 3.58. The molecule has 0 bridgehead atoms. The predicted molar refractivity (Wildman–Crippen MR) is 103 cm³/mol. The highest BCUT2D eigenvalue weighted by Crippen LogP contribution is 2.35. The maximum absolute atomic E-state index is 13.7. The van der Waals surface area contributed by atoms with Crippen molar-refractivity contribution in [2.24, 2.45) is 5.92 Å². The summed E-state index contributed by atoms with van der Waals surface area (Å²) < 4.78 is 20.4. The van der Waals surface area contributed by atoms with Crippen LogP contribution in [0.2, 0.25) is 0 Å². The molecular formula is C19H18FN5O2S. The van der Waals surface area contributed by atoms with Crippen LogP contribution in [-0.4, -0.2) is 46.1 Å². The van der Waals surface area contributed by atoms with E-state index >= 15 is 0 Å². The average Bonchev–Trinajstić information content (AvgIpc) is 3.09. The number of halogens is 1. The van der Waals surface area contributed by atoms with Crippen molar-refractivity contribution < 1.29 is 13.9 Å². The van der Waals surface area contributed by atoms with Crippen molar-refractivity contribution in [3.8, 4) is 5.75 Å². The molecule has 0 unspecified atom stereocenters. The molecule has 28 heavy (non-hydrogen) atoms. The van der Waals surface area contributed by atoms with E-state index in [2.05, 4.69) is 25.2 Å². The Kier molecular flexibility index (Phi) is 4.31. The van der Waals surface area contributed by atoms with Crippen LogP contribution in [0.15, 0.2) is 36.2 Å². The molecule has 1 amide bonds. The lowest BCUT2D eigenvalue weighted by Crippen LogP contribution is -2.61. The minimum absolute atomic E-state index is 0.0571. The number of carbonyl (C=O) groups is 1. The van der Waals surface area contributed by atoms with Crippen molar-refractivity contribution in [3.05, 3.63) is 42.1 Å². The summed E-state index contributed by atoms with van der Waals surface area (Å²) in [6.07, 6.45) is 6.20. The second-order valence-corrected chi connectivity index (χ2v) is 8.07. The highest BCUT2D eigenvalue weighted by atomic mass is 32.1. The average molecular weight is 399 g/mol. The number of thiazole rings is 1. The van der Waals surface area contributed by atoms with E-state index in [1.807, 2.05) is 0 Å². The number of carbonyl (C=O) groups excluding carboxylic acids is 1. The van der Waals surface area contributed by atoms with E-state index in [9.17, 15) is 9.18 Å². The maximum atomic E-state index is 13.7. The second-order valence-electron chi connectivity index (χ2n) is 7.19. The molecule has 1 saturated carbocycles. The normalized spacial score (nSPS) is 21.8. The Labute approximate surface area is 164 Å². The number of aromatic nitrogens is 3. The van der Waals surface area contributed by atoms with Gasteiger partial charge in [-0.1, -0.05) is 0 Å². The van der Waals surface area contributed by atoms with Crippen LogP contribution < -0.4 is 15.0 Å². The van der Waals surface area contributed by atoms with Crippen LogP contribution in [0.5, 0.6) is 5.75 Å². The molecule has 1 aliphatic heterocycles. The van der Waals surface area contributed by atoms with Crippen molar-refractivity contribution in [2.75, 3.05) is 18.0 Å². The summed E-state index contributed by atoms with van der Waals surface area (Å²) in [6, 6.07) is 2.96. The van der Waals surface area contributed by atoms with Crippen LogP contribution in [0, 0.1) is 11.7 Å². The van der Waals surface area contributed by atoms with Crippen LogP contribution in [-0.2, 0) is 4.79 Å². The van der Waals surface area contributed by atoms with Crippen LogP contribution >= 0.6 is 11.3 Å². The van der Waals surface area contributed by atoms with Crippen molar-refractivity contribution >= 4 is 33.3 Å². The summed E-state index contributed by atoms with van der Waals surface area (Å²) in [6.45, 7) is 1.48. The van der Waals surface area contributed by atoms with Gasteiger partial charge in [0.15, 0.2) is 0 Å². The van der Waals surface area contributed by atoms with E-state index in [0.717, 1.165) is 23.6 Å². The number of fused-ring (bicyclic) bond motifs is 1. The smallest absolute Gasteiger partial charge is 0.223 e. The van der Waals surface area contributed by atoms with E-state index in [1.54, 1.807) is 24.1 Å². The minimum atomic E-state index is -0.335. The monoisotopic (exact) mass is 399 g/mol. The van der Waals surface area contributed by atoms with Gasteiger partial charge in [-0.25, -0.2) is 14.4 Å². The van der Waals surface area contributed by atoms with E-state index in [4.69, 9.17) is 4.74 Å². The zero-order valence-electron chi connectivity index (χ0n) is 14.9. The first-order valence-corrected chi connectivity index (χ1v) is 10.0. The first-order chi connectivity index (χ1) is 13.7. The Morgan fingerprint density at radius 3 is 2.89 bits per heavy atom. The standard InChI is InChI=1S/C19H18FN5O2S/c20-12-5-15(18-16(6-12)28-10-23-18)27-14-3-11(4-14)19(26)24-13-8-25(9-13)17-7-21-1-2-22-17/h1-2,5-7,10-11,13-14H,3-4,8-9H2,(H,24,26)/t11-,14-. The molecular weight excluding hydrogens is 381 g/mol. The van der Waals surface area contributed by atoms with Gasteiger partial charge in [0.05, 0.1) is 22.4 Å². The molecule has 1 saturated heterocycles. The summed E-state index contributed by atoms with van der Waals surface area (Å²) in [5.74, 6) is 0.946. The van der Waals surface area contributed by atoms with E-state index in [0.29, 0.717) is 24.1 Å². The van der Waals surface area contributed by atoms with Gasteiger partial charge in [0.1, 0.15) is 29.0 Å². The third-order valence-corrected chi connectivity index (χ3v) is 6.00. The van der Waals surface area contributed by atoms with Crippen LogP contribution in [0.4, 0.5) is 10.2 Å². The summed E-state index contributed by atoms with van der Waals surface area (Å²) in [5, 5.41) is 3.08. The Bertz CT molecular complexity index is 1000. The fourth-order valence-corrected chi connectivity index (χ4v) is 4.30. The lowest BCUT2D eigenvalue weighted by molar-refractivity contribution is -0.131.